The molecule has 0 bridgehead atoms. The van der Waals surface area contributed by atoms with Gasteiger partial charge in [-0.25, -0.2) is 9.78 Å². The Balaban J connectivity index is 1.78. The Morgan fingerprint density at radius 3 is 2.67 bits per heavy atom. The second-order valence-corrected chi connectivity index (χ2v) is 6.09. The summed E-state index contributed by atoms with van der Waals surface area (Å²) in [5, 5.41) is 12.4. The number of rotatable bonds is 4. The first-order valence-corrected chi connectivity index (χ1v) is 8.43. The van der Waals surface area contributed by atoms with Crippen LogP contribution < -0.4 is 5.32 Å². The van der Waals surface area contributed by atoms with Crippen LogP contribution >= 0.6 is 11.6 Å². The number of nitriles is 1. The van der Waals surface area contributed by atoms with E-state index in [1.54, 1.807) is 48.5 Å². The number of aromatic nitrogens is 1. The molecule has 0 aliphatic heterocycles. The number of anilines is 1. The summed E-state index contributed by atoms with van der Waals surface area (Å²) in [5.74, 6) is -1.23. The highest BCUT2D eigenvalue weighted by molar-refractivity contribution is 6.30. The minimum atomic E-state index is -1.07. The minimum Gasteiger partial charge on any atom is -0.449 e. The molecule has 2 aromatic carbocycles. The lowest BCUT2D eigenvalue weighted by atomic mass is 10.1. The van der Waals surface area contributed by atoms with Gasteiger partial charge in [-0.05, 0) is 31.2 Å². The second-order valence-electron chi connectivity index (χ2n) is 5.70. The van der Waals surface area contributed by atoms with E-state index >= 15 is 0 Å². The molecule has 1 heterocycles. The van der Waals surface area contributed by atoms with Crippen molar-refractivity contribution < 1.29 is 14.3 Å². The largest absolute Gasteiger partial charge is 0.449 e. The normalized spacial score (nSPS) is 11.4. The molecule has 0 aliphatic carbocycles. The number of esters is 1. The molecule has 27 heavy (non-hydrogen) atoms. The van der Waals surface area contributed by atoms with Gasteiger partial charge in [-0.15, -0.1) is 0 Å². The van der Waals surface area contributed by atoms with E-state index in [9.17, 15) is 9.59 Å². The molecule has 0 saturated carbocycles. The Bertz CT molecular complexity index is 1080. The van der Waals surface area contributed by atoms with E-state index in [4.69, 9.17) is 21.6 Å². The fourth-order valence-electron chi connectivity index (χ4n) is 2.51. The molecule has 0 radical (unpaired) electrons. The van der Waals surface area contributed by atoms with E-state index in [1.165, 1.54) is 13.0 Å². The van der Waals surface area contributed by atoms with E-state index < -0.39 is 18.0 Å². The number of nitrogens with one attached hydrogen (secondary N) is 1. The number of nitrogens with zero attached hydrogens (tertiary/aromatic N) is 2. The summed E-state index contributed by atoms with van der Waals surface area (Å²) in [4.78, 5) is 29.1. The van der Waals surface area contributed by atoms with Crippen LogP contribution in [-0.2, 0) is 9.53 Å². The van der Waals surface area contributed by atoms with Gasteiger partial charge in [-0.2, -0.15) is 5.26 Å². The number of halogens is 1. The lowest BCUT2D eigenvalue weighted by molar-refractivity contribution is -0.123. The predicted octanol–water partition coefficient (Wildman–Crippen LogP) is 3.94. The van der Waals surface area contributed by atoms with Crippen molar-refractivity contribution >= 4 is 40.1 Å². The number of hydrogen-bond acceptors (Lipinski definition) is 5. The number of carbonyl (C=O) groups is 2. The first-order chi connectivity index (χ1) is 13.0. The zero-order valence-corrected chi connectivity index (χ0v) is 15.0. The van der Waals surface area contributed by atoms with Crippen molar-refractivity contribution in [1.29, 1.82) is 5.26 Å². The average Bonchev–Trinajstić information content (AvgIpc) is 2.67. The Morgan fingerprint density at radius 1 is 1.19 bits per heavy atom. The summed E-state index contributed by atoms with van der Waals surface area (Å²) in [6, 6.07) is 17.0. The van der Waals surface area contributed by atoms with Crippen molar-refractivity contribution in [2.75, 3.05) is 5.32 Å². The summed E-state index contributed by atoms with van der Waals surface area (Å²) in [6.07, 6.45) is -1.07. The number of amides is 1. The summed E-state index contributed by atoms with van der Waals surface area (Å²) < 4.78 is 5.29. The van der Waals surface area contributed by atoms with Crippen molar-refractivity contribution in [3.8, 4) is 6.07 Å². The van der Waals surface area contributed by atoms with Gasteiger partial charge in [0.05, 0.1) is 22.3 Å². The fourth-order valence-corrected chi connectivity index (χ4v) is 2.71. The van der Waals surface area contributed by atoms with Crippen LogP contribution in [0, 0.1) is 11.3 Å². The van der Waals surface area contributed by atoms with Crippen molar-refractivity contribution in [2.24, 2.45) is 0 Å². The SMILES string of the molecule is C[C@H](OC(=O)c1cc(Cl)nc2ccccc12)C(=O)Nc1ccccc1C#N. The monoisotopic (exact) mass is 379 g/mol. The smallest absolute Gasteiger partial charge is 0.339 e. The standard InChI is InChI=1S/C20H14ClN3O3/c1-12(19(25)24-16-8-4-2-6-13(16)11-22)27-20(26)15-10-18(21)23-17-9-5-3-7-14(15)17/h2-10,12H,1H3,(H,24,25)/t12-/m0/s1. The van der Waals surface area contributed by atoms with E-state index in [0.717, 1.165) is 0 Å². The third kappa shape index (κ3) is 4.05. The maximum atomic E-state index is 12.6. The van der Waals surface area contributed by atoms with Crippen LogP contribution in [0.25, 0.3) is 10.9 Å². The minimum absolute atomic E-state index is 0.153. The molecule has 0 fully saturated rings. The number of fused-ring (bicyclic) bond motifs is 1. The van der Waals surface area contributed by atoms with E-state index in [0.29, 0.717) is 22.2 Å². The molecule has 3 aromatic rings. The van der Waals surface area contributed by atoms with Crippen molar-refractivity contribution in [2.45, 2.75) is 13.0 Å². The zero-order chi connectivity index (χ0) is 19.4. The fraction of sp³-hybridized carbons (Fsp3) is 0.100. The maximum Gasteiger partial charge on any atom is 0.339 e. The Hall–Kier alpha value is -3.43. The van der Waals surface area contributed by atoms with Gasteiger partial charge < -0.3 is 10.1 Å². The lowest BCUT2D eigenvalue weighted by Gasteiger charge is -2.15. The van der Waals surface area contributed by atoms with Gasteiger partial charge in [0.15, 0.2) is 6.10 Å². The molecule has 0 aliphatic rings. The summed E-state index contributed by atoms with van der Waals surface area (Å²) in [6.45, 7) is 1.45. The topological polar surface area (TPSA) is 92.1 Å². The van der Waals surface area contributed by atoms with Gasteiger partial charge in [-0.3, -0.25) is 4.79 Å². The highest BCUT2D eigenvalue weighted by Gasteiger charge is 2.22. The highest BCUT2D eigenvalue weighted by Crippen LogP contribution is 2.22. The number of ether oxygens (including phenoxy) is 1. The number of benzene rings is 2. The van der Waals surface area contributed by atoms with E-state index in [2.05, 4.69) is 10.3 Å². The first kappa shape index (κ1) is 18.4. The summed E-state index contributed by atoms with van der Waals surface area (Å²) in [7, 11) is 0. The van der Waals surface area contributed by atoms with Crippen molar-refractivity contribution in [3.05, 3.63) is 70.9 Å². The first-order valence-electron chi connectivity index (χ1n) is 8.06. The van der Waals surface area contributed by atoms with Crippen LogP contribution in [0.1, 0.15) is 22.8 Å². The molecule has 1 amide bonds. The molecule has 6 nitrogen and oxygen atoms in total. The zero-order valence-electron chi connectivity index (χ0n) is 14.3. The van der Waals surface area contributed by atoms with Gasteiger partial charge >= 0.3 is 5.97 Å². The third-order valence-electron chi connectivity index (χ3n) is 3.86. The number of pyridine rings is 1. The highest BCUT2D eigenvalue weighted by atomic mass is 35.5. The molecular formula is C20H14ClN3O3. The van der Waals surface area contributed by atoms with Gasteiger partial charge in [0, 0.05) is 5.39 Å². The third-order valence-corrected chi connectivity index (χ3v) is 4.06. The average molecular weight is 380 g/mol. The summed E-state index contributed by atoms with van der Waals surface area (Å²) >= 11 is 5.98. The number of carbonyl (C=O) groups excluding carboxylic acids is 2. The molecule has 1 aromatic heterocycles. The molecule has 0 saturated heterocycles. The summed E-state index contributed by atoms with van der Waals surface area (Å²) in [5.41, 5.74) is 1.45. The molecule has 1 N–H and O–H groups in total. The molecular weight excluding hydrogens is 366 g/mol. The van der Waals surface area contributed by atoms with Gasteiger partial charge in [0.25, 0.3) is 5.91 Å². The van der Waals surface area contributed by atoms with Crippen LogP contribution in [0.5, 0.6) is 0 Å². The van der Waals surface area contributed by atoms with E-state index in [1.807, 2.05) is 6.07 Å². The molecule has 0 spiro atoms. The Kier molecular flexibility index (Phi) is 5.34. The van der Waals surface area contributed by atoms with Crippen LogP contribution in [0.3, 0.4) is 0 Å². The molecule has 0 unspecified atom stereocenters. The Labute approximate surface area is 160 Å². The molecule has 134 valence electrons. The van der Waals surface area contributed by atoms with Crippen molar-refractivity contribution in [3.63, 3.8) is 0 Å². The number of hydrogen-bond donors (Lipinski definition) is 1. The predicted molar refractivity (Wildman–Crippen MR) is 101 cm³/mol. The van der Waals surface area contributed by atoms with Crippen LogP contribution in [0.2, 0.25) is 5.15 Å². The lowest BCUT2D eigenvalue weighted by Crippen LogP contribution is -2.30. The van der Waals surface area contributed by atoms with Gasteiger partial charge in [0.2, 0.25) is 0 Å². The van der Waals surface area contributed by atoms with E-state index in [-0.39, 0.29) is 10.7 Å². The molecule has 1 atom stereocenters. The molecule has 7 heteroatoms. The van der Waals surface area contributed by atoms with Crippen LogP contribution in [-0.4, -0.2) is 23.0 Å². The quantitative estimate of drug-likeness (QED) is 0.547. The van der Waals surface area contributed by atoms with Crippen molar-refractivity contribution in [1.82, 2.24) is 4.98 Å². The number of para-hydroxylation sites is 2. The second kappa shape index (κ2) is 7.85. The van der Waals surface area contributed by atoms with Crippen LogP contribution in [0.15, 0.2) is 54.6 Å². The van der Waals surface area contributed by atoms with Gasteiger partial charge in [-0.1, -0.05) is 41.9 Å². The Morgan fingerprint density at radius 2 is 1.89 bits per heavy atom. The van der Waals surface area contributed by atoms with Gasteiger partial charge in [0.1, 0.15) is 11.2 Å². The van der Waals surface area contributed by atoms with Crippen LogP contribution in [0.4, 0.5) is 5.69 Å². The maximum absolute atomic E-state index is 12.6. The molecule has 3 rings (SSSR count).